The molecule has 1 heterocycles. The molecular weight excluding hydrogens is 249 g/mol. The second-order valence-corrected chi connectivity index (χ2v) is 4.97. The van der Waals surface area contributed by atoms with Crippen molar-refractivity contribution >= 4 is 17.4 Å². The highest BCUT2D eigenvalue weighted by Gasteiger charge is 2.10. The van der Waals surface area contributed by atoms with E-state index < -0.39 is 0 Å². The minimum Gasteiger partial charge on any atom is -0.398 e. The van der Waals surface area contributed by atoms with E-state index in [0.29, 0.717) is 11.4 Å². The monoisotopic (exact) mass is 263 g/mol. The zero-order valence-electron chi connectivity index (χ0n) is 9.71. The number of nitrogen functional groups attached to an aromatic ring is 1. The highest BCUT2D eigenvalue weighted by Crippen LogP contribution is 2.25. The van der Waals surface area contributed by atoms with E-state index in [0.717, 1.165) is 10.5 Å². The summed E-state index contributed by atoms with van der Waals surface area (Å²) < 4.78 is 13.0. The summed E-state index contributed by atoms with van der Waals surface area (Å²) in [4.78, 5) is 4.86. The molecule has 3 nitrogen and oxygen atoms in total. The summed E-state index contributed by atoms with van der Waals surface area (Å²) in [6.07, 6.45) is 3.30. The number of rotatable bonds is 4. The highest BCUT2D eigenvalue weighted by atomic mass is 32.2. The van der Waals surface area contributed by atoms with E-state index in [9.17, 15) is 4.39 Å². The second kappa shape index (κ2) is 5.84. The normalized spacial score (nSPS) is 12.3. The maximum absolute atomic E-state index is 13.0. The Morgan fingerprint density at radius 1 is 1.33 bits per heavy atom. The predicted octanol–water partition coefficient (Wildman–Crippen LogP) is 2.60. The van der Waals surface area contributed by atoms with Gasteiger partial charge in [0, 0.05) is 40.3 Å². The molecule has 1 aromatic carbocycles. The standard InChI is InChI=1S/C13H14FN3S/c14-9-2-1-3-10(6-9)18-8-13(16)11-7-17-5-4-12(11)15/h1-7,13H,8,16H2,(H2,15,17). The summed E-state index contributed by atoms with van der Waals surface area (Å²) in [5.74, 6) is 0.383. The van der Waals surface area contributed by atoms with Crippen LogP contribution in [0.25, 0.3) is 0 Å². The minimum absolute atomic E-state index is 0.216. The van der Waals surface area contributed by atoms with Crippen LogP contribution in [0.1, 0.15) is 11.6 Å². The number of hydrogen-bond donors (Lipinski definition) is 2. The fraction of sp³-hybridized carbons (Fsp3) is 0.154. The maximum atomic E-state index is 13.0. The van der Waals surface area contributed by atoms with Crippen LogP contribution in [0.15, 0.2) is 47.6 Å². The number of benzene rings is 1. The lowest BCUT2D eigenvalue weighted by atomic mass is 10.1. The molecule has 0 aliphatic carbocycles. The van der Waals surface area contributed by atoms with Crippen LogP contribution in [0.5, 0.6) is 0 Å². The van der Waals surface area contributed by atoms with E-state index >= 15 is 0 Å². The van der Waals surface area contributed by atoms with Gasteiger partial charge in [0.25, 0.3) is 0 Å². The van der Waals surface area contributed by atoms with Gasteiger partial charge in [-0.2, -0.15) is 0 Å². The van der Waals surface area contributed by atoms with Gasteiger partial charge in [-0.1, -0.05) is 6.07 Å². The molecule has 5 heteroatoms. The van der Waals surface area contributed by atoms with Crippen LogP contribution >= 0.6 is 11.8 Å². The van der Waals surface area contributed by atoms with Gasteiger partial charge in [-0.3, -0.25) is 4.98 Å². The first kappa shape index (κ1) is 12.9. The first-order valence-corrected chi connectivity index (χ1v) is 6.48. The number of anilines is 1. The summed E-state index contributed by atoms with van der Waals surface area (Å²) in [6.45, 7) is 0. The van der Waals surface area contributed by atoms with Crippen molar-refractivity contribution in [2.24, 2.45) is 5.73 Å². The number of hydrogen-bond acceptors (Lipinski definition) is 4. The van der Waals surface area contributed by atoms with Gasteiger partial charge >= 0.3 is 0 Å². The van der Waals surface area contributed by atoms with Crippen molar-refractivity contribution in [2.45, 2.75) is 10.9 Å². The number of thioether (sulfide) groups is 1. The molecule has 1 aromatic heterocycles. The Labute approximate surface area is 109 Å². The molecule has 1 unspecified atom stereocenters. The quantitative estimate of drug-likeness (QED) is 0.832. The molecule has 1 atom stereocenters. The number of nitrogens with two attached hydrogens (primary N) is 2. The molecular formula is C13H14FN3S. The van der Waals surface area contributed by atoms with Gasteiger partial charge in [-0.05, 0) is 24.3 Å². The van der Waals surface area contributed by atoms with Crippen molar-refractivity contribution in [3.63, 3.8) is 0 Å². The SMILES string of the molecule is Nc1ccncc1C(N)CSc1cccc(F)c1. The van der Waals surface area contributed by atoms with Crippen molar-refractivity contribution in [3.05, 3.63) is 54.1 Å². The summed E-state index contributed by atoms with van der Waals surface area (Å²) in [6, 6.07) is 7.95. The summed E-state index contributed by atoms with van der Waals surface area (Å²) >= 11 is 1.50. The maximum Gasteiger partial charge on any atom is 0.124 e. The molecule has 94 valence electrons. The Morgan fingerprint density at radius 3 is 2.89 bits per heavy atom. The number of aromatic nitrogens is 1. The molecule has 0 amide bonds. The van der Waals surface area contributed by atoms with Gasteiger partial charge < -0.3 is 11.5 Å². The molecule has 4 N–H and O–H groups in total. The first-order chi connectivity index (χ1) is 8.66. The Kier molecular flexibility index (Phi) is 4.17. The van der Waals surface area contributed by atoms with E-state index in [4.69, 9.17) is 11.5 Å². The van der Waals surface area contributed by atoms with E-state index in [1.165, 1.54) is 23.9 Å². The molecule has 0 saturated heterocycles. The molecule has 0 aliphatic rings. The summed E-state index contributed by atoms with van der Waals surface area (Å²) in [5.41, 5.74) is 13.3. The smallest absolute Gasteiger partial charge is 0.124 e. The fourth-order valence-corrected chi connectivity index (χ4v) is 2.48. The summed E-state index contributed by atoms with van der Waals surface area (Å²) in [5, 5.41) is 0. The molecule has 0 radical (unpaired) electrons. The van der Waals surface area contributed by atoms with Crippen LogP contribution in [0.3, 0.4) is 0 Å². The lowest BCUT2D eigenvalue weighted by Gasteiger charge is -2.13. The molecule has 0 fully saturated rings. The molecule has 0 aliphatic heterocycles. The van der Waals surface area contributed by atoms with Crippen LogP contribution in [0, 0.1) is 5.82 Å². The van der Waals surface area contributed by atoms with Gasteiger partial charge in [0.1, 0.15) is 5.82 Å². The van der Waals surface area contributed by atoms with Gasteiger partial charge in [-0.15, -0.1) is 11.8 Å². The highest BCUT2D eigenvalue weighted by molar-refractivity contribution is 7.99. The molecule has 2 rings (SSSR count). The minimum atomic E-state index is -0.241. The van der Waals surface area contributed by atoms with Crippen LogP contribution in [-0.4, -0.2) is 10.7 Å². The zero-order chi connectivity index (χ0) is 13.0. The Morgan fingerprint density at radius 2 is 2.17 bits per heavy atom. The molecule has 2 aromatic rings. The van der Waals surface area contributed by atoms with Crippen molar-refractivity contribution in [2.75, 3.05) is 11.5 Å². The molecule has 0 saturated carbocycles. The van der Waals surface area contributed by atoms with Crippen molar-refractivity contribution in [1.29, 1.82) is 0 Å². The lowest BCUT2D eigenvalue weighted by Crippen LogP contribution is -2.15. The third-order valence-electron chi connectivity index (χ3n) is 2.51. The Bertz CT molecular complexity index is 533. The zero-order valence-corrected chi connectivity index (χ0v) is 10.5. The predicted molar refractivity (Wildman–Crippen MR) is 72.7 cm³/mol. The molecule has 0 bridgehead atoms. The Balaban J connectivity index is 2.00. The van der Waals surface area contributed by atoms with Gasteiger partial charge in [0.05, 0.1) is 0 Å². The third-order valence-corrected chi connectivity index (χ3v) is 3.63. The lowest BCUT2D eigenvalue weighted by molar-refractivity contribution is 0.624. The third kappa shape index (κ3) is 3.21. The average Bonchev–Trinajstić information content (AvgIpc) is 2.37. The number of nitrogens with zero attached hydrogens (tertiary/aromatic N) is 1. The van der Waals surface area contributed by atoms with Crippen molar-refractivity contribution in [1.82, 2.24) is 4.98 Å². The second-order valence-electron chi connectivity index (χ2n) is 3.88. The molecule has 18 heavy (non-hydrogen) atoms. The van der Waals surface area contributed by atoms with E-state index in [1.54, 1.807) is 24.5 Å². The van der Waals surface area contributed by atoms with Gasteiger partial charge in [0.2, 0.25) is 0 Å². The summed E-state index contributed by atoms with van der Waals surface area (Å²) in [7, 11) is 0. The topological polar surface area (TPSA) is 64.9 Å². The van der Waals surface area contributed by atoms with Crippen molar-refractivity contribution < 1.29 is 4.39 Å². The van der Waals surface area contributed by atoms with Crippen LogP contribution in [0.2, 0.25) is 0 Å². The van der Waals surface area contributed by atoms with Gasteiger partial charge in [0.15, 0.2) is 0 Å². The largest absolute Gasteiger partial charge is 0.398 e. The number of halogens is 1. The molecule has 0 spiro atoms. The first-order valence-electron chi connectivity index (χ1n) is 5.50. The van der Waals surface area contributed by atoms with Crippen LogP contribution in [0.4, 0.5) is 10.1 Å². The Hall–Kier alpha value is -1.59. The average molecular weight is 263 g/mol. The van der Waals surface area contributed by atoms with Crippen molar-refractivity contribution in [3.8, 4) is 0 Å². The number of pyridine rings is 1. The fourth-order valence-electron chi connectivity index (χ4n) is 1.56. The van der Waals surface area contributed by atoms with E-state index in [2.05, 4.69) is 4.98 Å². The van der Waals surface area contributed by atoms with Crippen LogP contribution < -0.4 is 11.5 Å². The van der Waals surface area contributed by atoms with E-state index in [1.807, 2.05) is 6.07 Å². The van der Waals surface area contributed by atoms with Crippen LogP contribution in [-0.2, 0) is 0 Å². The van der Waals surface area contributed by atoms with Gasteiger partial charge in [-0.25, -0.2) is 4.39 Å². The van der Waals surface area contributed by atoms with E-state index in [-0.39, 0.29) is 11.9 Å².